The molecular weight excluding hydrogens is 316 g/mol. The predicted molar refractivity (Wildman–Crippen MR) is 105 cm³/mol. The van der Waals surface area contributed by atoms with E-state index in [1.807, 2.05) is 52.0 Å². The summed E-state index contributed by atoms with van der Waals surface area (Å²) < 4.78 is 6.20. The van der Waals surface area contributed by atoms with Crippen molar-refractivity contribution in [2.75, 3.05) is 27.7 Å². The average Bonchev–Trinajstić information content (AvgIpc) is 3.21. The van der Waals surface area contributed by atoms with Gasteiger partial charge in [-0.3, -0.25) is 5.41 Å². The van der Waals surface area contributed by atoms with E-state index in [9.17, 15) is 0 Å². The van der Waals surface area contributed by atoms with Crippen LogP contribution in [0.2, 0.25) is 0 Å². The molecule has 0 amide bonds. The van der Waals surface area contributed by atoms with Crippen LogP contribution >= 0.6 is 0 Å². The van der Waals surface area contributed by atoms with Crippen molar-refractivity contribution in [1.29, 1.82) is 5.41 Å². The van der Waals surface area contributed by atoms with Gasteiger partial charge in [0.1, 0.15) is 6.34 Å². The summed E-state index contributed by atoms with van der Waals surface area (Å²) in [5.74, 6) is 0.482. The number of aromatic nitrogens is 1. The molecule has 25 heavy (non-hydrogen) atoms. The molecule has 3 N–H and O–H groups in total. The molecule has 1 unspecified atom stereocenters. The molecule has 0 aromatic carbocycles. The number of rotatable bonds is 6. The van der Waals surface area contributed by atoms with Crippen LogP contribution in [-0.4, -0.2) is 61.7 Å². The van der Waals surface area contributed by atoms with Crippen molar-refractivity contribution in [1.82, 2.24) is 15.2 Å². The Hall–Kier alpha value is -1.99. The van der Waals surface area contributed by atoms with Gasteiger partial charge >= 0.3 is 0 Å². The zero-order valence-electron chi connectivity index (χ0n) is 16.3. The number of aromatic amines is 1. The highest BCUT2D eigenvalue weighted by Gasteiger charge is 2.36. The molecule has 1 fully saturated rings. The highest BCUT2D eigenvalue weighted by Crippen LogP contribution is 2.38. The molecule has 2 atom stereocenters. The summed E-state index contributed by atoms with van der Waals surface area (Å²) in [6, 6.07) is 3.94. The van der Waals surface area contributed by atoms with Gasteiger partial charge in [0.05, 0.1) is 23.7 Å². The van der Waals surface area contributed by atoms with Crippen molar-refractivity contribution in [3.05, 3.63) is 23.5 Å². The van der Waals surface area contributed by atoms with Crippen LogP contribution in [0.1, 0.15) is 51.1 Å². The third kappa shape index (κ3) is 6.10. The quantitative estimate of drug-likeness (QED) is 0.545. The number of aliphatic imine (C=N–C) groups is 2. The van der Waals surface area contributed by atoms with Gasteiger partial charge in [-0.05, 0) is 38.9 Å². The van der Waals surface area contributed by atoms with Crippen LogP contribution in [0, 0.1) is 5.41 Å². The summed E-state index contributed by atoms with van der Waals surface area (Å²) in [5.41, 5.74) is 1.68. The van der Waals surface area contributed by atoms with Gasteiger partial charge in [0.2, 0.25) is 0 Å². The smallest absolute Gasteiger partial charge is 0.178 e. The van der Waals surface area contributed by atoms with Gasteiger partial charge in [0.25, 0.3) is 0 Å². The van der Waals surface area contributed by atoms with Crippen LogP contribution in [0.25, 0.3) is 0 Å². The van der Waals surface area contributed by atoms with Crippen LogP contribution in [0.4, 0.5) is 0 Å². The van der Waals surface area contributed by atoms with E-state index in [0.29, 0.717) is 5.84 Å². The monoisotopic (exact) mass is 348 g/mol. The van der Waals surface area contributed by atoms with Crippen LogP contribution in [0.5, 0.6) is 0 Å². The van der Waals surface area contributed by atoms with Crippen molar-refractivity contribution in [2.24, 2.45) is 9.98 Å². The molecule has 7 heteroatoms. The average molecular weight is 348 g/mol. The first-order valence-electron chi connectivity index (χ1n) is 8.76. The summed E-state index contributed by atoms with van der Waals surface area (Å²) in [6.45, 7) is 6.97. The lowest BCUT2D eigenvalue weighted by atomic mass is 10.0. The van der Waals surface area contributed by atoms with Crippen LogP contribution < -0.4 is 5.32 Å². The molecule has 2 heterocycles. The number of nitrogens with one attached hydrogen (secondary N) is 3. The molecule has 1 aliphatic rings. The summed E-state index contributed by atoms with van der Waals surface area (Å²) >= 11 is 0. The zero-order valence-corrected chi connectivity index (χ0v) is 16.3. The summed E-state index contributed by atoms with van der Waals surface area (Å²) in [4.78, 5) is 13.5. The molecule has 7 nitrogen and oxygen atoms in total. The second-order valence-electron chi connectivity index (χ2n) is 6.24. The normalized spacial score (nSPS) is 23.4. The summed E-state index contributed by atoms with van der Waals surface area (Å²) in [5, 5.41) is 10.4. The molecule has 0 saturated carbocycles. The largest absolute Gasteiger partial charge is 0.369 e. The first-order valence-corrected chi connectivity index (χ1v) is 8.76. The van der Waals surface area contributed by atoms with Crippen molar-refractivity contribution >= 4 is 18.5 Å². The predicted octanol–water partition coefficient (Wildman–Crippen LogP) is 2.81. The maximum atomic E-state index is 7.19. The van der Waals surface area contributed by atoms with Gasteiger partial charge in [-0.1, -0.05) is 13.8 Å². The fourth-order valence-corrected chi connectivity index (χ4v) is 2.75. The van der Waals surface area contributed by atoms with Gasteiger partial charge in [0, 0.05) is 26.3 Å². The Labute approximate surface area is 151 Å². The van der Waals surface area contributed by atoms with Crippen molar-refractivity contribution in [2.45, 2.75) is 45.3 Å². The number of amidine groups is 1. The number of H-pyrrole nitrogens is 1. The van der Waals surface area contributed by atoms with Crippen molar-refractivity contribution in [3.63, 3.8) is 0 Å². The minimum atomic E-state index is -0.125. The second-order valence-corrected chi connectivity index (χ2v) is 6.24. The van der Waals surface area contributed by atoms with Gasteiger partial charge in [-0.15, -0.1) is 0 Å². The van der Waals surface area contributed by atoms with Crippen LogP contribution in [0.3, 0.4) is 0 Å². The molecule has 1 aliphatic heterocycles. The fourth-order valence-electron chi connectivity index (χ4n) is 2.75. The lowest BCUT2D eigenvalue weighted by Gasteiger charge is -2.24. The second kappa shape index (κ2) is 10.1. The molecule has 0 bridgehead atoms. The van der Waals surface area contributed by atoms with E-state index in [1.165, 1.54) is 0 Å². The van der Waals surface area contributed by atoms with Gasteiger partial charge in [-0.2, -0.15) is 0 Å². The number of hydrogen-bond donors (Lipinski definition) is 3. The van der Waals surface area contributed by atoms with E-state index in [-0.39, 0.29) is 11.7 Å². The number of hydrogen-bond acceptors (Lipinski definition) is 3. The van der Waals surface area contributed by atoms with Gasteiger partial charge in [-0.25, -0.2) is 9.98 Å². The van der Waals surface area contributed by atoms with E-state index in [1.54, 1.807) is 6.34 Å². The topological polar surface area (TPSA) is 88.9 Å². The standard InChI is InChI=1S/C16H26N6O.C2H6/c1-16(9-18-2)8-7-14(23-16)12-5-6-13(21-12)15(19-10-17)20-11-22(3)4;1-2/h5-6,10-11,14,17-18,21H,7-9H2,1-4H3;1-2H3/t14?,16-;/m1./s1. The Morgan fingerprint density at radius 1 is 1.48 bits per heavy atom. The molecule has 1 saturated heterocycles. The van der Waals surface area contributed by atoms with E-state index in [4.69, 9.17) is 10.1 Å². The highest BCUT2D eigenvalue weighted by atomic mass is 16.5. The maximum Gasteiger partial charge on any atom is 0.178 e. The number of nitrogens with zero attached hydrogens (tertiary/aromatic N) is 3. The minimum absolute atomic E-state index is 0.0566. The summed E-state index contributed by atoms with van der Waals surface area (Å²) in [7, 11) is 5.72. The van der Waals surface area contributed by atoms with E-state index >= 15 is 0 Å². The molecule has 1 aromatic rings. The third-order valence-corrected chi connectivity index (χ3v) is 3.81. The Bertz CT molecular complexity index is 592. The lowest BCUT2D eigenvalue weighted by Crippen LogP contribution is -2.35. The first kappa shape index (κ1) is 21.1. The molecule has 0 spiro atoms. The van der Waals surface area contributed by atoms with Crippen molar-refractivity contribution < 1.29 is 4.74 Å². The zero-order chi connectivity index (χ0) is 18.9. The van der Waals surface area contributed by atoms with Gasteiger partial charge < -0.3 is 19.9 Å². The van der Waals surface area contributed by atoms with E-state index in [2.05, 4.69) is 27.2 Å². The lowest BCUT2D eigenvalue weighted by molar-refractivity contribution is -0.0287. The molecule has 0 radical (unpaired) electrons. The first-order chi connectivity index (χ1) is 12.0. The highest BCUT2D eigenvalue weighted by molar-refractivity contribution is 6.04. The van der Waals surface area contributed by atoms with E-state index < -0.39 is 0 Å². The minimum Gasteiger partial charge on any atom is -0.369 e. The Morgan fingerprint density at radius 3 is 2.80 bits per heavy atom. The Morgan fingerprint density at radius 2 is 2.20 bits per heavy atom. The summed E-state index contributed by atoms with van der Waals surface area (Å²) in [6.07, 6.45) is 4.72. The number of ether oxygens (including phenoxy) is 1. The molecule has 1 aromatic heterocycles. The van der Waals surface area contributed by atoms with E-state index in [0.717, 1.165) is 37.1 Å². The Kier molecular flexibility index (Phi) is 8.51. The van der Waals surface area contributed by atoms with Crippen molar-refractivity contribution in [3.8, 4) is 0 Å². The van der Waals surface area contributed by atoms with Crippen LogP contribution in [0.15, 0.2) is 22.1 Å². The fraction of sp³-hybridized carbons (Fsp3) is 0.611. The maximum absolute atomic E-state index is 7.19. The molecule has 2 rings (SSSR count). The third-order valence-electron chi connectivity index (χ3n) is 3.81. The number of likely N-dealkylation sites (N-methyl/N-ethyl adjacent to an activating group) is 1. The molecule has 0 aliphatic carbocycles. The SMILES string of the molecule is CC.CNC[C@@]1(C)CCC(c2ccc(C(N=CN(C)C)=NC=N)[nH]2)O1. The molecular formula is C18H32N6O. The van der Waals surface area contributed by atoms with Crippen LogP contribution in [-0.2, 0) is 4.74 Å². The van der Waals surface area contributed by atoms with Gasteiger partial charge in [0.15, 0.2) is 5.84 Å². The Balaban J connectivity index is 0.00000151. The molecule has 140 valence electrons.